The van der Waals surface area contributed by atoms with E-state index in [4.69, 9.17) is 0 Å². The van der Waals surface area contributed by atoms with Crippen LogP contribution in [0.15, 0.2) is 24.3 Å². The fourth-order valence-electron chi connectivity index (χ4n) is 2.70. The van der Waals surface area contributed by atoms with Gasteiger partial charge in [-0.3, -0.25) is 14.9 Å². The highest BCUT2D eigenvalue weighted by Crippen LogP contribution is 2.23. The Morgan fingerprint density at radius 1 is 1.38 bits per heavy atom. The van der Waals surface area contributed by atoms with Crippen LogP contribution in [0, 0.1) is 16.0 Å². The molecule has 1 aromatic carbocycles. The summed E-state index contributed by atoms with van der Waals surface area (Å²) in [6, 6.07) is 6.41. The number of carbonyl (C=O) groups excluding carboxylic acids is 1. The summed E-state index contributed by atoms with van der Waals surface area (Å²) in [4.78, 5) is 22.2. The fourth-order valence-corrected chi connectivity index (χ4v) is 2.70. The fraction of sp³-hybridized carbons (Fsp3) is 0.533. The zero-order valence-corrected chi connectivity index (χ0v) is 12.2. The summed E-state index contributed by atoms with van der Waals surface area (Å²) in [6.07, 6.45) is 4.58. The lowest BCUT2D eigenvalue weighted by molar-refractivity contribution is -0.384. The number of nitro benzene ring substituents is 1. The molecule has 114 valence electrons. The summed E-state index contributed by atoms with van der Waals surface area (Å²) in [5.74, 6) is 0.445. The average molecular weight is 291 g/mol. The lowest BCUT2D eigenvalue weighted by atomic mass is 9.86. The standard InChI is InChI=1S/C15H21N3O3/c1-11-5-2-3-8-14(11)17-15(19)10-16-12-6-4-7-13(9-12)18(20)21/h4,6-7,9,11,14,16H,2-3,5,8,10H2,1H3,(H,17,19)/t11-,14+/m1/s1. The van der Waals surface area contributed by atoms with Gasteiger partial charge < -0.3 is 10.6 Å². The molecule has 1 saturated carbocycles. The van der Waals surface area contributed by atoms with E-state index >= 15 is 0 Å². The second kappa shape index (κ2) is 7.06. The topological polar surface area (TPSA) is 84.3 Å². The van der Waals surface area contributed by atoms with Gasteiger partial charge in [-0.15, -0.1) is 0 Å². The maximum Gasteiger partial charge on any atom is 0.271 e. The van der Waals surface area contributed by atoms with Crippen molar-refractivity contribution in [2.24, 2.45) is 5.92 Å². The van der Waals surface area contributed by atoms with Gasteiger partial charge in [0.15, 0.2) is 0 Å². The predicted molar refractivity (Wildman–Crippen MR) is 81.1 cm³/mol. The first kappa shape index (κ1) is 15.3. The van der Waals surface area contributed by atoms with E-state index in [1.807, 2.05) is 0 Å². The largest absolute Gasteiger partial charge is 0.376 e. The molecule has 1 amide bonds. The second-order valence-electron chi connectivity index (χ2n) is 5.60. The Morgan fingerprint density at radius 2 is 2.14 bits per heavy atom. The number of nitrogens with one attached hydrogen (secondary N) is 2. The van der Waals surface area contributed by atoms with E-state index in [0.29, 0.717) is 11.6 Å². The molecule has 1 fully saturated rings. The van der Waals surface area contributed by atoms with Crippen molar-refractivity contribution in [1.82, 2.24) is 5.32 Å². The monoisotopic (exact) mass is 291 g/mol. The van der Waals surface area contributed by atoms with E-state index in [2.05, 4.69) is 17.6 Å². The normalized spacial score (nSPS) is 21.6. The summed E-state index contributed by atoms with van der Waals surface area (Å²) in [5.41, 5.74) is 0.595. The maximum absolute atomic E-state index is 11.9. The molecule has 1 aliphatic rings. The molecule has 0 radical (unpaired) electrons. The van der Waals surface area contributed by atoms with Gasteiger partial charge in [-0.1, -0.05) is 25.8 Å². The van der Waals surface area contributed by atoms with Crippen molar-refractivity contribution in [3.05, 3.63) is 34.4 Å². The Kier molecular flexibility index (Phi) is 5.14. The Morgan fingerprint density at radius 3 is 2.86 bits per heavy atom. The number of non-ortho nitro benzene ring substituents is 1. The van der Waals surface area contributed by atoms with Crippen molar-refractivity contribution in [3.63, 3.8) is 0 Å². The van der Waals surface area contributed by atoms with Crippen molar-refractivity contribution in [3.8, 4) is 0 Å². The lowest BCUT2D eigenvalue weighted by Gasteiger charge is -2.29. The van der Waals surface area contributed by atoms with Gasteiger partial charge >= 0.3 is 0 Å². The van der Waals surface area contributed by atoms with Crippen LogP contribution in [0.2, 0.25) is 0 Å². The number of benzene rings is 1. The molecule has 1 aliphatic carbocycles. The molecule has 2 rings (SSSR count). The zero-order valence-electron chi connectivity index (χ0n) is 12.2. The van der Waals surface area contributed by atoms with Crippen molar-refractivity contribution in [2.45, 2.75) is 38.6 Å². The Balaban J connectivity index is 1.83. The van der Waals surface area contributed by atoms with Crippen LogP contribution < -0.4 is 10.6 Å². The van der Waals surface area contributed by atoms with Gasteiger partial charge in [-0.05, 0) is 24.8 Å². The summed E-state index contributed by atoms with van der Waals surface area (Å²) >= 11 is 0. The van der Waals surface area contributed by atoms with Crippen LogP contribution in [-0.4, -0.2) is 23.4 Å². The third kappa shape index (κ3) is 4.44. The molecule has 0 aliphatic heterocycles. The summed E-state index contributed by atoms with van der Waals surface area (Å²) < 4.78 is 0. The molecule has 2 atom stereocenters. The smallest absolute Gasteiger partial charge is 0.271 e. The van der Waals surface area contributed by atoms with E-state index in [1.165, 1.54) is 18.6 Å². The molecule has 6 heteroatoms. The van der Waals surface area contributed by atoms with Gasteiger partial charge in [0.1, 0.15) is 0 Å². The maximum atomic E-state index is 11.9. The summed E-state index contributed by atoms with van der Waals surface area (Å²) in [5, 5.41) is 16.7. The van der Waals surface area contributed by atoms with E-state index < -0.39 is 4.92 Å². The number of nitrogens with zero attached hydrogens (tertiary/aromatic N) is 1. The number of hydrogen-bond acceptors (Lipinski definition) is 4. The van der Waals surface area contributed by atoms with Crippen molar-refractivity contribution >= 4 is 17.3 Å². The molecular formula is C15H21N3O3. The summed E-state index contributed by atoms with van der Waals surface area (Å²) in [7, 11) is 0. The Labute approximate surface area is 124 Å². The predicted octanol–water partition coefficient (Wildman–Crippen LogP) is 2.70. The second-order valence-corrected chi connectivity index (χ2v) is 5.60. The van der Waals surface area contributed by atoms with Crippen LogP contribution in [0.5, 0.6) is 0 Å². The van der Waals surface area contributed by atoms with Gasteiger partial charge in [-0.2, -0.15) is 0 Å². The number of anilines is 1. The number of amides is 1. The number of carbonyl (C=O) groups is 1. The molecule has 0 heterocycles. The number of hydrogen-bond donors (Lipinski definition) is 2. The van der Waals surface area contributed by atoms with E-state index in [0.717, 1.165) is 19.3 Å². The molecule has 2 N–H and O–H groups in total. The minimum Gasteiger partial charge on any atom is -0.376 e. The first-order valence-electron chi connectivity index (χ1n) is 7.34. The van der Waals surface area contributed by atoms with Crippen molar-refractivity contribution in [1.29, 1.82) is 0 Å². The van der Waals surface area contributed by atoms with Crippen LogP contribution in [-0.2, 0) is 4.79 Å². The lowest BCUT2D eigenvalue weighted by Crippen LogP contribution is -2.43. The molecule has 0 aromatic heterocycles. The molecular weight excluding hydrogens is 270 g/mol. The molecule has 0 spiro atoms. The Bertz CT molecular complexity index is 519. The molecule has 0 saturated heterocycles. The number of nitro groups is 1. The molecule has 6 nitrogen and oxygen atoms in total. The third-order valence-electron chi connectivity index (χ3n) is 3.97. The zero-order chi connectivity index (χ0) is 15.2. The van der Waals surface area contributed by atoms with Crippen molar-refractivity contribution in [2.75, 3.05) is 11.9 Å². The van der Waals surface area contributed by atoms with Crippen LogP contribution >= 0.6 is 0 Å². The average Bonchev–Trinajstić information content (AvgIpc) is 2.48. The van der Waals surface area contributed by atoms with Gasteiger partial charge in [0.05, 0.1) is 11.5 Å². The van der Waals surface area contributed by atoms with E-state index in [-0.39, 0.29) is 24.2 Å². The minimum absolute atomic E-state index is 0.0151. The molecule has 21 heavy (non-hydrogen) atoms. The third-order valence-corrected chi connectivity index (χ3v) is 3.97. The Hall–Kier alpha value is -2.11. The minimum atomic E-state index is -0.449. The molecule has 0 bridgehead atoms. The van der Waals surface area contributed by atoms with Crippen molar-refractivity contribution < 1.29 is 9.72 Å². The van der Waals surface area contributed by atoms with Gasteiger partial charge in [0.25, 0.3) is 5.69 Å². The highest BCUT2D eigenvalue weighted by molar-refractivity contribution is 5.81. The SMILES string of the molecule is C[C@@H]1CCCC[C@@H]1NC(=O)CNc1cccc([N+](=O)[O-])c1. The number of rotatable bonds is 5. The van der Waals surface area contributed by atoms with Crippen LogP contribution in [0.3, 0.4) is 0 Å². The van der Waals surface area contributed by atoms with Gasteiger partial charge in [-0.25, -0.2) is 0 Å². The highest BCUT2D eigenvalue weighted by Gasteiger charge is 2.22. The van der Waals surface area contributed by atoms with E-state index in [9.17, 15) is 14.9 Å². The van der Waals surface area contributed by atoms with Crippen LogP contribution in [0.4, 0.5) is 11.4 Å². The van der Waals surface area contributed by atoms with Crippen LogP contribution in [0.25, 0.3) is 0 Å². The summed E-state index contributed by atoms with van der Waals surface area (Å²) in [6.45, 7) is 2.29. The highest BCUT2D eigenvalue weighted by atomic mass is 16.6. The molecule has 0 unspecified atom stereocenters. The first-order valence-corrected chi connectivity index (χ1v) is 7.34. The van der Waals surface area contributed by atoms with Crippen LogP contribution in [0.1, 0.15) is 32.6 Å². The molecule has 1 aromatic rings. The van der Waals surface area contributed by atoms with Gasteiger partial charge in [0, 0.05) is 23.9 Å². The first-order chi connectivity index (χ1) is 10.1. The quantitative estimate of drug-likeness (QED) is 0.645. The van der Waals surface area contributed by atoms with Gasteiger partial charge in [0.2, 0.25) is 5.91 Å². The van der Waals surface area contributed by atoms with E-state index in [1.54, 1.807) is 12.1 Å².